The molecule has 1 unspecified atom stereocenters. The number of pyridine rings is 1. The van der Waals surface area contributed by atoms with E-state index < -0.39 is 58.2 Å². The molecule has 2 saturated carbocycles. The maximum absolute atomic E-state index is 14.4. The Labute approximate surface area is 244 Å². The number of carbonyl (C=O) groups excluding carboxylic acids is 2. The third-order valence-corrected chi connectivity index (χ3v) is 9.12. The molecule has 2 aliphatic carbocycles. The molecule has 1 atom stereocenters. The van der Waals surface area contributed by atoms with Gasteiger partial charge in [0.2, 0.25) is 0 Å². The predicted molar refractivity (Wildman–Crippen MR) is 143 cm³/mol. The number of halogens is 5. The van der Waals surface area contributed by atoms with Gasteiger partial charge in [-0.1, -0.05) is 36.0 Å². The second kappa shape index (κ2) is 11.9. The van der Waals surface area contributed by atoms with Crippen molar-refractivity contribution in [3.8, 4) is 0 Å². The summed E-state index contributed by atoms with van der Waals surface area (Å²) in [6.45, 7) is 1.57. The van der Waals surface area contributed by atoms with Gasteiger partial charge < -0.3 is 15.2 Å². The van der Waals surface area contributed by atoms with E-state index in [-0.39, 0.29) is 47.7 Å². The van der Waals surface area contributed by atoms with Gasteiger partial charge in [-0.25, -0.2) is 0 Å². The summed E-state index contributed by atoms with van der Waals surface area (Å²) in [5.41, 5.74) is -3.93. The fourth-order valence-electron chi connectivity index (χ4n) is 6.02. The zero-order chi connectivity index (χ0) is 30.2. The first kappa shape index (κ1) is 31.2. The van der Waals surface area contributed by atoms with Gasteiger partial charge in [0.25, 0.3) is 5.91 Å². The molecule has 1 amide bonds. The molecule has 2 N–H and O–H groups in total. The third kappa shape index (κ3) is 6.24. The van der Waals surface area contributed by atoms with Crippen molar-refractivity contribution < 1.29 is 37.4 Å². The van der Waals surface area contributed by atoms with Crippen LogP contribution in [0, 0.1) is 5.41 Å². The third-order valence-electron chi connectivity index (χ3n) is 8.55. The number of hydrogen-bond acceptors (Lipinski definition) is 6. The summed E-state index contributed by atoms with van der Waals surface area (Å²) in [5, 5.41) is 16.1. The van der Waals surface area contributed by atoms with Crippen molar-refractivity contribution in [2.45, 2.75) is 88.6 Å². The number of aliphatic carboxylic acids is 1. The maximum Gasteiger partial charge on any atom is 0.433 e. The van der Waals surface area contributed by atoms with Crippen LogP contribution in [0.4, 0.5) is 13.2 Å². The summed E-state index contributed by atoms with van der Waals surface area (Å²) in [5.74, 6) is -2.57. The standard InChI is InChI=1S/C27H31Cl2F3N4O5/c1-25(24(39)40)9-5-15(6-10-25)36-22(27(30,31)32)16(12-34-36)23(38)35-20(26(41-2)7-3-4-8-26)11-19(37)21-17(28)13-33-14-18(21)29/h12-15,20H,3-11H2,1-2H3,(H,35,38)(H,39,40). The number of aromatic nitrogens is 3. The molecule has 0 radical (unpaired) electrons. The minimum Gasteiger partial charge on any atom is -0.481 e. The average molecular weight is 619 g/mol. The van der Waals surface area contributed by atoms with Gasteiger partial charge in [-0.3, -0.25) is 24.0 Å². The van der Waals surface area contributed by atoms with Crippen LogP contribution in [-0.4, -0.2) is 56.3 Å². The monoisotopic (exact) mass is 618 g/mol. The van der Waals surface area contributed by atoms with E-state index in [1.54, 1.807) is 6.92 Å². The molecule has 2 aliphatic rings. The second-order valence-electron chi connectivity index (χ2n) is 11.1. The van der Waals surface area contributed by atoms with Gasteiger partial charge in [0.1, 0.15) is 0 Å². The van der Waals surface area contributed by atoms with Crippen molar-refractivity contribution in [1.82, 2.24) is 20.1 Å². The van der Waals surface area contributed by atoms with Crippen LogP contribution >= 0.6 is 23.2 Å². The lowest BCUT2D eigenvalue weighted by Crippen LogP contribution is -2.53. The van der Waals surface area contributed by atoms with Crippen molar-refractivity contribution in [1.29, 1.82) is 0 Å². The Morgan fingerprint density at radius 1 is 1.12 bits per heavy atom. The van der Waals surface area contributed by atoms with Crippen LogP contribution < -0.4 is 5.32 Å². The average Bonchev–Trinajstić information content (AvgIpc) is 3.57. The minimum atomic E-state index is -4.92. The number of amides is 1. The van der Waals surface area contributed by atoms with Crippen LogP contribution in [0.25, 0.3) is 0 Å². The van der Waals surface area contributed by atoms with Gasteiger partial charge in [0, 0.05) is 25.9 Å². The lowest BCUT2D eigenvalue weighted by Gasteiger charge is -2.37. The molecule has 14 heteroatoms. The molecule has 224 valence electrons. The van der Waals surface area contributed by atoms with Crippen LogP contribution in [0.1, 0.15) is 97.2 Å². The Hall–Kier alpha value is -2.70. The molecule has 0 spiro atoms. The van der Waals surface area contributed by atoms with Crippen LogP contribution in [0.3, 0.4) is 0 Å². The van der Waals surface area contributed by atoms with E-state index in [1.165, 1.54) is 19.5 Å². The fourth-order valence-corrected chi connectivity index (χ4v) is 6.60. The van der Waals surface area contributed by atoms with E-state index in [2.05, 4.69) is 15.4 Å². The highest BCUT2D eigenvalue weighted by Gasteiger charge is 2.47. The van der Waals surface area contributed by atoms with Gasteiger partial charge in [0.15, 0.2) is 11.5 Å². The van der Waals surface area contributed by atoms with Gasteiger partial charge in [-0.15, -0.1) is 0 Å². The molecule has 0 bridgehead atoms. The van der Waals surface area contributed by atoms with E-state index >= 15 is 0 Å². The number of carboxylic acids is 1. The van der Waals surface area contributed by atoms with Crippen LogP contribution in [0.5, 0.6) is 0 Å². The molecule has 4 rings (SSSR count). The quantitative estimate of drug-likeness (QED) is 0.323. The Morgan fingerprint density at radius 3 is 2.22 bits per heavy atom. The molecule has 41 heavy (non-hydrogen) atoms. The summed E-state index contributed by atoms with van der Waals surface area (Å²) in [6, 6.07) is -1.72. The number of carboxylic acid groups (broad SMARTS) is 1. The van der Waals surface area contributed by atoms with Crippen molar-refractivity contribution in [3.63, 3.8) is 0 Å². The Balaban J connectivity index is 1.65. The number of Topliss-reactive ketones (excluding diaryl/α,β-unsaturated/α-hetero) is 1. The summed E-state index contributed by atoms with van der Waals surface area (Å²) < 4.78 is 49.7. The van der Waals surface area contributed by atoms with Crippen molar-refractivity contribution in [2.24, 2.45) is 5.41 Å². The number of rotatable bonds is 9. The minimum absolute atomic E-state index is 0.00120. The number of carbonyl (C=O) groups is 3. The molecule has 0 aromatic carbocycles. The van der Waals surface area contributed by atoms with Gasteiger partial charge >= 0.3 is 12.1 Å². The molecular weight excluding hydrogens is 588 g/mol. The fraction of sp³-hybridized carbons (Fsp3) is 0.593. The summed E-state index contributed by atoms with van der Waals surface area (Å²) in [6.07, 6.45) is 1.24. The van der Waals surface area contributed by atoms with E-state index in [0.717, 1.165) is 23.7 Å². The number of nitrogens with zero attached hydrogens (tertiary/aromatic N) is 3. The maximum atomic E-state index is 14.4. The predicted octanol–water partition coefficient (Wildman–Crippen LogP) is 6.14. The smallest absolute Gasteiger partial charge is 0.433 e. The number of methoxy groups -OCH3 is 1. The number of nitrogens with one attached hydrogen (secondary N) is 1. The molecular formula is C27H31Cl2F3N4O5. The Morgan fingerprint density at radius 2 is 1.71 bits per heavy atom. The first-order valence-electron chi connectivity index (χ1n) is 13.3. The molecule has 2 heterocycles. The number of alkyl halides is 3. The molecule has 0 aliphatic heterocycles. The highest BCUT2D eigenvalue weighted by Crippen LogP contribution is 2.44. The topological polar surface area (TPSA) is 123 Å². The zero-order valence-corrected chi connectivity index (χ0v) is 24.1. The Kier molecular flexibility index (Phi) is 9.06. The van der Waals surface area contributed by atoms with E-state index in [9.17, 15) is 32.7 Å². The van der Waals surface area contributed by atoms with E-state index in [4.69, 9.17) is 27.9 Å². The number of ether oxygens (including phenoxy) is 1. The molecule has 0 saturated heterocycles. The normalized spacial score (nSPS) is 23.2. The lowest BCUT2D eigenvalue weighted by molar-refractivity contribution is -0.152. The van der Waals surface area contributed by atoms with Crippen molar-refractivity contribution in [2.75, 3.05) is 7.11 Å². The highest BCUT2D eigenvalue weighted by atomic mass is 35.5. The summed E-state index contributed by atoms with van der Waals surface area (Å²) in [7, 11) is 1.44. The van der Waals surface area contributed by atoms with Crippen LogP contribution in [0.2, 0.25) is 10.0 Å². The first-order chi connectivity index (χ1) is 19.2. The van der Waals surface area contributed by atoms with E-state index in [0.29, 0.717) is 12.8 Å². The molecule has 2 aromatic rings. The largest absolute Gasteiger partial charge is 0.481 e. The van der Waals surface area contributed by atoms with Gasteiger partial charge in [0.05, 0.1) is 50.5 Å². The second-order valence-corrected chi connectivity index (χ2v) is 11.9. The number of ketones is 1. The lowest BCUT2D eigenvalue weighted by atomic mass is 9.74. The zero-order valence-electron chi connectivity index (χ0n) is 22.6. The van der Waals surface area contributed by atoms with E-state index in [1.807, 2.05) is 0 Å². The van der Waals surface area contributed by atoms with Crippen LogP contribution in [-0.2, 0) is 15.7 Å². The number of hydrogen-bond donors (Lipinski definition) is 2. The van der Waals surface area contributed by atoms with Crippen molar-refractivity contribution >= 4 is 40.9 Å². The molecule has 2 fully saturated rings. The van der Waals surface area contributed by atoms with Crippen LogP contribution in [0.15, 0.2) is 18.6 Å². The summed E-state index contributed by atoms with van der Waals surface area (Å²) >= 11 is 12.3. The molecule has 9 nitrogen and oxygen atoms in total. The summed E-state index contributed by atoms with van der Waals surface area (Å²) in [4.78, 5) is 42.3. The SMILES string of the molecule is COC1(C(CC(=O)c2c(Cl)cncc2Cl)NC(=O)c2cnn(C3CCC(C)(C(=O)O)CC3)c2C(F)(F)F)CCCC1. The molecule has 2 aromatic heterocycles. The first-order valence-corrected chi connectivity index (χ1v) is 14.0. The Bertz CT molecular complexity index is 1300. The van der Waals surface area contributed by atoms with Crippen molar-refractivity contribution in [3.05, 3.63) is 45.5 Å². The highest BCUT2D eigenvalue weighted by molar-refractivity contribution is 6.39. The van der Waals surface area contributed by atoms with Gasteiger partial charge in [-0.05, 0) is 45.4 Å². The van der Waals surface area contributed by atoms with Gasteiger partial charge in [-0.2, -0.15) is 18.3 Å².